The minimum atomic E-state index is -1.04. The van der Waals surface area contributed by atoms with E-state index in [-0.39, 0.29) is 80.0 Å². The molecule has 1 aromatic rings. The Hall–Kier alpha value is -5.48. The Kier molecular flexibility index (Phi) is 19.7. The molecule has 0 spiro atoms. The molecule has 0 aliphatic carbocycles. The van der Waals surface area contributed by atoms with Crippen molar-refractivity contribution in [2.45, 2.75) is 118 Å². The molecule has 1 heterocycles. The van der Waals surface area contributed by atoms with Crippen LogP contribution in [0.25, 0.3) is 0 Å². The topological polar surface area (TPSA) is 238 Å². The molecule has 9 amide bonds. The second kappa shape index (κ2) is 23.6. The molecule has 0 saturated carbocycles. The normalized spacial score (nSPS) is 14.5. The lowest BCUT2D eigenvalue weighted by Gasteiger charge is -2.31. The predicted molar refractivity (Wildman–Crippen MR) is 214 cm³/mol. The van der Waals surface area contributed by atoms with Gasteiger partial charge in [-0.25, -0.2) is 9.59 Å². The Labute approximate surface area is 335 Å². The summed E-state index contributed by atoms with van der Waals surface area (Å²) in [5, 5.41) is 13.7. The van der Waals surface area contributed by atoms with Gasteiger partial charge in [-0.1, -0.05) is 60.1 Å². The minimum Gasteiger partial charge on any atom is -0.445 e. The van der Waals surface area contributed by atoms with Crippen LogP contribution in [0.4, 0.5) is 15.3 Å². The maximum Gasteiger partial charge on any atom is 0.410 e. The number of anilines is 1. The maximum atomic E-state index is 13.5. The number of amides is 9. The van der Waals surface area contributed by atoms with E-state index in [2.05, 4.69) is 26.6 Å². The number of imide groups is 1. The van der Waals surface area contributed by atoms with Crippen molar-refractivity contribution < 1.29 is 43.1 Å². The van der Waals surface area contributed by atoms with E-state index < -0.39 is 42.1 Å². The van der Waals surface area contributed by atoms with Crippen molar-refractivity contribution in [3.05, 3.63) is 42.0 Å². The Bertz CT molecular complexity index is 1580. The number of hydrogen-bond donors (Lipinski definition) is 6. The van der Waals surface area contributed by atoms with Gasteiger partial charge in [-0.15, -0.1) is 0 Å². The number of hydrogen-bond acceptors (Lipinski definition) is 9. The van der Waals surface area contributed by atoms with Gasteiger partial charge in [0, 0.05) is 50.4 Å². The van der Waals surface area contributed by atoms with Crippen molar-refractivity contribution in [2.24, 2.45) is 23.5 Å². The van der Waals surface area contributed by atoms with Gasteiger partial charge < -0.3 is 37.1 Å². The van der Waals surface area contributed by atoms with E-state index in [4.69, 9.17) is 10.5 Å². The number of primary amides is 1. The van der Waals surface area contributed by atoms with Crippen molar-refractivity contribution in [2.75, 3.05) is 25.5 Å². The van der Waals surface area contributed by atoms with Crippen molar-refractivity contribution in [1.82, 2.24) is 31.1 Å². The van der Waals surface area contributed by atoms with Crippen LogP contribution < -0.4 is 32.3 Å². The first-order valence-corrected chi connectivity index (χ1v) is 19.6. The van der Waals surface area contributed by atoms with Crippen LogP contribution in [0.3, 0.4) is 0 Å². The molecule has 0 aromatic heterocycles. The first-order chi connectivity index (χ1) is 26.8. The number of nitrogens with two attached hydrogens (primary N) is 1. The zero-order valence-corrected chi connectivity index (χ0v) is 34.5. The molecule has 0 saturated heterocycles. The van der Waals surface area contributed by atoms with Crippen LogP contribution in [-0.4, -0.2) is 102 Å². The molecule has 1 aliphatic rings. The quantitative estimate of drug-likeness (QED) is 0.0704. The third-order valence-corrected chi connectivity index (χ3v) is 9.61. The number of ether oxygens (including phenoxy) is 1. The van der Waals surface area contributed by atoms with Crippen LogP contribution in [0.1, 0.15) is 92.6 Å². The summed E-state index contributed by atoms with van der Waals surface area (Å²) >= 11 is 0. The molecule has 1 aromatic carbocycles. The second-order valence-corrected chi connectivity index (χ2v) is 15.3. The number of likely N-dealkylation sites (N-methyl/N-ethyl adjacent to an activating group) is 1. The van der Waals surface area contributed by atoms with Gasteiger partial charge in [-0.05, 0) is 68.1 Å². The molecule has 7 N–H and O–H groups in total. The number of benzene rings is 1. The highest BCUT2D eigenvalue weighted by Crippen LogP contribution is 2.16. The monoisotopic (exact) mass is 798 g/mol. The van der Waals surface area contributed by atoms with Crippen LogP contribution in [0.2, 0.25) is 0 Å². The largest absolute Gasteiger partial charge is 0.445 e. The first-order valence-electron chi connectivity index (χ1n) is 19.6. The fraction of sp³-hybridized carbons (Fsp3) is 0.600. The van der Waals surface area contributed by atoms with Crippen molar-refractivity contribution >= 4 is 53.3 Å². The summed E-state index contributed by atoms with van der Waals surface area (Å²) in [5.41, 5.74) is 6.20. The van der Waals surface area contributed by atoms with Gasteiger partial charge in [0.2, 0.25) is 23.6 Å². The fourth-order valence-electron chi connectivity index (χ4n) is 5.89. The zero-order valence-electron chi connectivity index (χ0n) is 34.5. The third-order valence-electron chi connectivity index (χ3n) is 9.61. The minimum absolute atomic E-state index is 0.0707. The maximum absolute atomic E-state index is 13.5. The van der Waals surface area contributed by atoms with Gasteiger partial charge in [0.1, 0.15) is 24.7 Å². The molecule has 0 bridgehead atoms. The molecule has 17 nitrogen and oxygen atoms in total. The zero-order chi connectivity index (χ0) is 42.8. The van der Waals surface area contributed by atoms with E-state index in [1.165, 1.54) is 24.1 Å². The molecule has 17 heteroatoms. The number of rotatable bonds is 23. The number of carbonyl (C=O) groups excluding carboxylic acids is 8. The molecule has 0 unspecified atom stereocenters. The van der Waals surface area contributed by atoms with Gasteiger partial charge in [-0.3, -0.25) is 38.6 Å². The Balaban J connectivity index is 1.99. The molecular formula is C40H62N8O9. The van der Waals surface area contributed by atoms with Crippen LogP contribution in [0.5, 0.6) is 0 Å². The van der Waals surface area contributed by atoms with Crippen LogP contribution >= 0.6 is 0 Å². The molecule has 1 aliphatic heterocycles. The smallest absolute Gasteiger partial charge is 0.410 e. The highest BCUT2D eigenvalue weighted by molar-refractivity contribution is 6.12. The summed E-state index contributed by atoms with van der Waals surface area (Å²) in [6.45, 7) is 13.5. The summed E-state index contributed by atoms with van der Waals surface area (Å²) < 4.78 is 5.50. The van der Waals surface area contributed by atoms with Gasteiger partial charge in [0.05, 0.1) is 0 Å². The molecule has 57 heavy (non-hydrogen) atoms. The van der Waals surface area contributed by atoms with E-state index in [9.17, 15) is 38.4 Å². The van der Waals surface area contributed by atoms with Crippen LogP contribution in [0.15, 0.2) is 36.4 Å². The Morgan fingerprint density at radius 2 is 1.39 bits per heavy atom. The average Bonchev–Trinajstić information content (AvgIpc) is 3.46. The molecule has 0 fully saturated rings. The summed E-state index contributed by atoms with van der Waals surface area (Å²) in [5.74, 6) is -2.69. The molecular weight excluding hydrogens is 736 g/mol. The highest BCUT2D eigenvalue weighted by atomic mass is 16.6. The SMILES string of the molecule is CC(C)[C@H](NC(=O)CCCCCN1C(=O)C=CC1=O)C(=O)N[C@@H](CCCNC(N)=O)C(=O)Nc1ccc(COC(=O)N(C)[C@H](C(=O)N[C@H](C)C(C)C)C(C)C)cc1. The molecule has 0 radical (unpaired) electrons. The summed E-state index contributed by atoms with van der Waals surface area (Å²) in [6.07, 6.45) is 3.96. The standard InChI is InChI=1S/C40H62N8O9/c1-24(2)27(7)43-38(54)35(26(5)6)47(8)40(56)57-23-28-15-17-29(18-16-28)44-36(52)30(13-12-21-42-39(41)55)45-37(53)34(25(3)4)46-31(49)14-10-9-11-22-48-32(50)19-20-33(48)51/h15-20,24-27,30,34-35H,9-14,21-23H2,1-8H3,(H,43,54)(H,44,52)(H,45,53)(H,46,49)(H3,41,42,55)/t27-,30+,34+,35+/m1/s1. The van der Waals surface area contributed by atoms with E-state index >= 15 is 0 Å². The highest BCUT2D eigenvalue weighted by Gasteiger charge is 2.32. The molecule has 2 rings (SSSR count). The summed E-state index contributed by atoms with van der Waals surface area (Å²) in [7, 11) is 1.52. The second-order valence-electron chi connectivity index (χ2n) is 15.3. The average molecular weight is 799 g/mol. The predicted octanol–water partition coefficient (Wildman–Crippen LogP) is 2.94. The van der Waals surface area contributed by atoms with Gasteiger partial charge in [0.15, 0.2) is 0 Å². The van der Waals surface area contributed by atoms with Crippen molar-refractivity contribution in [1.29, 1.82) is 0 Å². The van der Waals surface area contributed by atoms with E-state index in [0.717, 1.165) is 4.90 Å². The fourth-order valence-corrected chi connectivity index (χ4v) is 5.89. The lowest BCUT2D eigenvalue weighted by atomic mass is 10.0. The van der Waals surface area contributed by atoms with Crippen molar-refractivity contribution in [3.8, 4) is 0 Å². The lowest BCUT2D eigenvalue weighted by molar-refractivity contribution is -0.137. The lowest BCUT2D eigenvalue weighted by Crippen LogP contribution is -2.54. The first kappa shape index (κ1) is 47.7. The van der Waals surface area contributed by atoms with E-state index in [1.54, 1.807) is 38.1 Å². The van der Waals surface area contributed by atoms with E-state index in [1.807, 2.05) is 34.6 Å². The molecule has 4 atom stereocenters. The molecule has 316 valence electrons. The number of carbonyl (C=O) groups is 8. The summed E-state index contributed by atoms with van der Waals surface area (Å²) in [6, 6.07) is 3.05. The van der Waals surface area contributed by atoms with Crippen LogP contribution in [0, 0.1) is 17.8 Å². The van der Waals surface area contributed by atoms with Gasteiger partial charge >= 0.3 is 12.1 Å². The number of urea groups is 1. The summed E-state index contributed by atoms with van der Waals surface area (Å²) in [4.78, 5) is 103. The van der Waals surface area contributed by atoms with Crippen LogP contribution in [-0.2, 0) is 40.1 Å². The Morgan fingerprint density at radius 3 is 1.95 bits per heavy atom. The third kappa shape index (κ3) is 16.3. The number of nitrogens with one attached hydrogen (secondary N) is 5. The van der Waals surface area contributed by atoms with Gasteiger partial charge in [0.25, 0.3) is 11.8 Å². The van der Waals surface area contributed by atoms with Gasteiger partial charge in [-0.2, -0.15) is 0 Å². The Morgan fingerprint density at radius 1 is 0.754 bits per heavy atom. The number of unbranched alkanes of at least 4 members (excludes halogenated alkanes) is 2. The number of nitrogens with zero attached hydrogens (tertiary/aromatic N) is 2. The van der Waals surface area contributed by atoms with Crippen molar-refractivity contribution in [3.63, 3.8) is 0 Å². The van der Waals surface area contributed by atoms with E-state index in [0.29, 0.717) is 36.9 Å².